The first kappa shape index (κ1) is 48.9. The van der Waals surface area contributed by atoms with Crippen LogP contribution in [-0.4, -0.2) is 126 Å². The van der Waals surface area contributed by atoms with Crippen LogP contribution in [0.1, 0.15) is 119 Å². The summed E-state index contributed by atoms with van der Waals surface area (Å²) in [6.07, 6.45) is 7.36. The minimum Gasteiger partial charge on any atom is -0.456 e. The summed E-state index contributed by atoms with van der Waals surface area (Å²) in [6, 6.07) is -1.14. The van der Waals surface area contributed by atoms with Gasteiger partial charge in [0.2, 0.25) is 5.79 Å². The Hall–Kier alpha value is -2.78. The molecule has 2 bridgehead atoms. The molecule has 3 aliphatic heterocycles. The van der Waals surface area contributed by atoms with Gasteiger partial charge < -0.3 is 43.9 Å². The standard InChI is InChI=1S/C46H73NO12/c1-10-12-19-57-38-17-16-32(25-37(38)50)23-29(5)41-31(7)35(48)26-36(49)33(11-2)21-27(3)20-28(4)22-39(55-8)42-40(56-9)24-30(6)46(54,59-42)43(51)44(52)47-18-14-13-15-34(47)45(53)58-41/h10,12,21,23,28,30-35,37-42,48,50,54H,11,13-20,22,24-26H2,1-9H3/b12-10+,27-21?,29-23?. The molecule has 4 rings (SSSR count). The molecule has 14 atom stereocenters. The van der Waals surface area contributed by atoms with Crippen LogP contribution in [0, 0.1) is 29.6 Å². The number of aliphatic hydroxyl groups excluding tert-OH is 2. The molecule has 13 nitrogen and oxygen atoms in total. The number of carbonyl (C=O) groups is 4. The molecule has 3 heterocycles. The van der Waals surface area contributed by atoms with E-state index in [1.165, 1.54) is 19.1 Å². The Morgan fingerprint density at radius 1 is 0.949 bits per heavy atom. The molecule has 0 aromatic rings. The summed E-state index contributed by atoms with van der Waals surface area (Å²) >= 11 is 0. The molecule has 1 amide bonds. The van der Waals surface area contributed by atoms with Gasteiger partial charge in [-0.1, -0.05) is 57.6 Å². The molecule has 4 aliphatic rings. The number of aliphatic hydroxyl groups is 3. The zero-order chi connectivity index (χ0) is 43.6. The van der Waals surface area contributed by atoms with Gasteiger partial charge >= 0.3 is 5.97 Å². The Morgan fingerprint density at radius 2 is 1.64 bits per heavy atom. The number of rotatable bonds is 8. The van der Waals surface area contributed by atoms with Crippen LogP contribution in [0.2, 0.25) is 0 Å². The van der Waals surface area contributed by atoms with Crippen LogP contribution in [0.3, 0.4) is 0 Å². The maximum Gasteiger partial charge on any atom is 0.329 e. The molecule has 0 radical (unpaired) electrons. The first-order valence-electron chi connectivity index (χ1n) is 22.0. The van der Waals surface area contributed by atoms with Crippen molar-refractivity contribution in [2.24, 2.45) is 29.6 Å². The zero-order valence-corrected chi connectivity index (χ0v) is 37.0. The topological polar surface area (TPSA) is 178 Å². The maximum atomic E-state index is 14.3. The molecular formula is C46H73NO12. The molecule has 14 unspecified atom stereocenters. The maximum absolute atomic E-state index is 14.3. The average molecular weight is 832 g/mol. The van der Waals surface area contributed by atoms with Gasteiger partial charge in [-0.3, -0.25) is 14.4 Å². The van der Waals surface area contributed by atoms with Crippen LogP contribution < -0.4 is 0 Å². The highest BCUT2D eigenvalue weighted by Gasteiger charge is 2.56. The molecule has 0 aromatic heterocycles. The van der Waals surface area contributed by atoms with Crippen LogP contribution in [0.5, 0.6) is 0 Å². The number of ketones is 2. The summed E-state index contributed by atoms with van der Waals surface area (Å²) in [4.78, 5) is 57.9. The third-order valence-corrected chi connectivity index (χ3v) is 13.2. The predicted octanol–water partition coefficient (Wildman–Crippen LogP) is 5.42. The number of esters is 1. The summed E-state index contributed by atoms with van der Waals surface area (Å²) in [6.45, 7) is 13.6. The predicted molar refractivity (Wildman–Crippen MR) is 222 cm³/mol. The van der Waals surface area contributed by atoms with Crippen LogP contribution in [-0.2, 0) is 42.9 Å². The van der Waals surface area contributed by atoms with Gasteiger partial charge in [0.15, 0.2) is 0 Å². The Morgan fingerprint density at radius 3 is 2.29 bits per heavy atom. The van der Waals surface area contributed by atoms with Crippen LogP contribution in [0.25, 0.3) is 0 Å². The smallest absolute Gasteiger partial charge is 0.329 e. The largest absolute Gasteiger partial charge is 0.456 e. The van der Waals surface area contributed by atoms with E-state index >= 15 is 0 Å². The number of ether oxygens (including phenoxy) is 5. The quantitative estimate of drug-likeness (QED) is 0.161. The lowest BCUT2D eigenvalue weighted by Crippen LogP contribution is -2.64. The number of carbonyl (C=O) groups excluding carboxylic acids is 4. The van der Waals surface area contributed by atoms with Crippen molar-refractivity contribution in [3.05, 3.63) is 35.5 Å². The summed E-state index contributed by atoms with van der Waals surface area (Å²) in [7, 11) is 3.06. The van der Waals surface area contributed by atoms with E-state index in [0.717, 1.165) is 12.0 Å². The number of nitrogens with zero attached hydrogens (tertiary/aromatic N) is 1. The Kier molecular flexibility index (Phi) is 18.5. The van der Waals surface area contributed by atoms with Crippen molar-refractivity contribution in [2.45, 2.75) is 174 Å². The van der Waals surface area contributed by atoms with Gasteiger partial charge in [0.25, 0.3) is 11.7 Å². The van der Waals surface area contributed by atoms with Crippen molar-refractivity contribution >= 4 is 23.4 Å². The lowest BCUT2D eigenvalue weighted by Gasteiger charge is -2.47. The fraction of sp³-hybridized carbons (Fsp3) is 0.783. The van der Waals surface area contributed by atoms with Gasteiger partial charge in [0.1, 0.15) is 24.0 Å². The van der Waals surface area contributed by atoms with E-state index in [1.807, 2.05) is 52.0 Å². The van der Waals surface area contributed by atoms with E-state index in [0.29, 0.717) is 57.1 Å². The molecule has 3 N–H and O–H groups in total. The van der Waals surface area contributed by atoms with Crippen LogP contribution in [0.15, 0.2) is 35.5 Å². The van der Waals surface area contributed by atoms with E-state index < -0.39 is 83.9 Å². The highest BCUT2D eigenvalue weighted by atomic mass is 16.7. The van der Waals surface area contributed by atoms with E-state index in [-0.39, 0.29) is 49.5 Å². The second-order valence-corrected chi connectivity index (χ2v) is 17.8. The average Bonchev–Trinajstić information content (AvgIpc) is 3.21. The van der Waals surface area contributed by atoms with Crippen molar-refractivity contribution in [3.63, 3.8) is 0 Å². The third-order valence-electron chi connectivity index (χ3n) is 13.2. The monoisotopic (exact) mass is 832 g/mol. The number of hydrogen-bond acceptors (Lipinski definition) is 12. The van der Waals surface area contributed by atoms with Gasteiger partial charge in [0.05, 0.1) is 37.1 Å². The minimum atomic E-state index is -2.51. The van der Waals surface area contributed by atoms with Crippen molar-refractivity contribution in [2.75, 3.05) is 27.4 Å². The number of allylic oxidation sites excluding steroid dienone is 4. The molecule has 13 heteroatoms. The highest BCUT2D eigenvalue weighted by molar-refractivity contribution is 6.39. The third kappa shape index (κ3) is 12.2. The second kappa shape index (κ2) is 22.4. The van der Waals surface area contributed by atoms with Crippen molar-refractivity contribution < 1.29 is 58.2 Å². The molecule has 1 aliphatic carbocycles. The minimum absolute atomic E-state index is 0.0316. The molecule has 2 saturated heterocycles. The zero-order valence-electron chi connectivity index (χ0n) is 37.0. The number of hydrogen-bond donors (Lipinski definition) is 3. The Balaban J connectivity index is 1.73. The molecule has 1 saturated carbocycles. The Bertz CT molecular complexity index is 1530. The van der Waals surface area contributed by atoms with Gasteiger partial charge in [-0.2, -0.15) is 0 Å². The molecular weight excluding hydrogens is 759 g/mol. The summed E-state index contributed by atoms with van der Waals surface area (Å²) in [5, 5.41) is 34.7. The van der Waals surface area contributed by atoms with Crippen LogP contribution >= 0.6 is 0 Å². The number of Topliss-reactive ketones (excluding diaryl/α,β-unsaturated/α-hetero) is 2. The number of fused-ring (bicyclic) bond motifs is 3. The molecule has 0 spiro atoms. The normalized spacial score (nSPS) is 39.3. The Labute approximate surface area is 351 Å². The molecule has 334 valence electrons. The molecule has 0 aromatic carbocycles. The lowest BCUT2D eigenvalue weighted by molar-refractivity contribution is -0.302. The van der Waals surface area contributed by atoms with E-state index in [9.17, 15) is 34.5 Å². The van der Waals surface area contributed by atoms with Gasteiger partial charge in [-0.25, -0.2) is 4.79 Å². The van der Waals surface area contributed by atoms with Gasteiger partial charge in [-0.15, -0.1) is 0 Å². The fourth-order valence-corrected chi connectivity index (χ4v) is 9.61. The highest BCUT2D eigenvalue weighted by Crippen LogP contribution is 2.39. The summed E-state index contributed by atoms with van der Waals surface area (Å²) in [5.41, 5.74) is 1.64. The van der Waals surface area contributed by atoms with E-state index in [1.54, 1.807) is 13.8 Å². The number of cyclic esters (lactones) is 1. The van der Waals surface area contributed by atoms with Crippen molar-refractivity contribution in [1.82, 2.24) is 4.90 Å². The SMILES string of the molecule is C/C=C/COC1CCC(C=C(C)C2OC(=O)C3CCCCN3C(=O)C(=O)C3(O)OC(C(OC)CC(C)CC(C)=CC(CC)C(=O)CC(O)C2C)C(OC)CC3C)CC1O. The van der Waals surface area contributed by atoms with Crippen molar-refractivity contribution in [1.29, 1.82) is 0 Å². The fourth-order valence-electron chi connectivity index (χ4n) is 9.61. The van der Waals surface area contributed by atoms with E-state index in [4.69, 9.17) is 23.7 Å². The number of amides is 1. The van der Waals surface area contributed by atoms with Crippen LogP contribution in [0.4, 0.5) is 0 Å². The van der Waals surface area contributed by atoms with Gasteiger partial charge in [0, 0.05) is 44.9 Å². The number of methoxy groups -OCH3 is 2. The van der Waals surface area contributed by atoms with Crippen molar-refractivity contribution in [3.8, 4) is 0 Å². The lowest BCUT2D eigenvalue weighted by atomic mass is 9.81. The number of piperidine rings is 1. The first-order valence-corrected chi connectivity index (χ1v) is 22.0. The molecule has 59 heavy (non-hydrogen) atoms. The van der Waals surface area contributed by atoms with E-state index in [2.05, 4.69) is 6.92 Å². The molecule has 3 fully saturated rings. The first-order chi connectivity index (χ1) is 28.0. The van der Waals surface area contributed by atoms with Gasteiger partial charge in [-0.05, 0) is 102 Å². The summed E-state index contributed by atoms with van der Waals surface area (Å²) in [5.74, 6) is -7.62. The second-order valence-electron chi connectivity index (χ2n) is 17.8. The summed E-state index contributed by atoms with van der Waals surface area (Å²) < 4.78 is 30.1.